The molecule has 31 heavy (non-hydrogen) atoms. The maximum absolute atomic E-state index is 12.9. The molecule has 0 spiro atoms. The van der Waals surface area contributed by atoms with E-state index in [0.717, 1.165) is 23.4 Å². The SMILES string of the molecule is CCn1nccc1-c1ccc([C@@H](C)NC(=O)[C@@H]2C[C@@H](O)CN2C(=O)OC(C)(C)C)cc1. The Kier molecular flexibility index (Phi) is 6.69. The van der Waals surface area contributed by atoms with Crippen molar-refractivity contribution >= 4 is 12.0 Å². The summed E-state index contributed by atoms with van der Waals surface area (Å²) < 4.78 is 7.32. The van der Waals surface area contributed by atoms with Crippen molar-refractivity contribution in [1.29, 1.82) is 0 Å². The minimum atomic E-state index is -0.759. The van der Waals surface area contributed by atoms with Crippen molar-refractivity contribution < 1.29 is 19.4 Å². The molecule has 0 radical (unpaired) electrons. The lowest BCUT2D eigenvalue weighted by atomic mass is 10.0. The van der Waals surface area contributed by atoms with Gasteiger partial charge in [0.05, 0.1) is 24.4 Å². The summed E-state index contributed by atoms with van der Waals surface area (Å²) in [5.74, 6) is -0.303. The minimum Gasteiger partial charge on any atom is -0.444 e. The number of hydrogen-bond acceptors (Lipinski definition) is 5. The second-order valence-electron chi connectivity index (χ2n) is 8.92. The van der Waals surface area contributed by atoms with Gasteiger partial charge in [-0.05, 0) is 51.8 Å². The molecule has 168 valence electrons. The van der Waals surface area contributed by atoms with E-state index in [4.69, 9.17) is 4.74 Å². The van der Waals surface area contributed by atoms with Gasteiger partial charge in [0, 0.05) is 19.2 Å². The van der Waals surface area contributed by atoms with Crippen LogP contribution in [-0.2, 0) is 16.1 Å². The summed E-state index contributed by atoms with van der Waals surface area (Å²) in [6.07, 6.45) is 0.634. The molecule has 8 nitrogen and oxygen atoms in total. The Morgan fingerprint density at radius 1 is 1.26 bits per heavy atom. The predicted molar refractivity (Wildman–Crippen MR) is 117 cm³/mol. The summed E-state index contributed by atoms with van der Waals surface area (Å²) in [7, 11) is 0. The van der Waals surface area contributed by atoms with Gasteiger partial charge < -0.3 is 15.2 Å². The van der Waals surface area contributed by atoms with E-state index >= 15 is 0 Å². The number of ether oxygens (including phenoxy) is 1. The highest BCUT2D eigenvalue weighted by Crippen LogP contribution is 2.24. The van der Waals surface area contributed by atoms with Crippen molar-refractivity contribution in [2.45, 2.75) is 71.4 Å². The molecule has 8 heteroatoms. The molecule has 3 atom stereocenters. The quantitative estimate of drug-likeness (QED) is 0.763. The lowest BCUT2D eigenvalue weighted by Crippen LogP contribution is -2.48. The molecule has 0 unspecified atom stereocenters. The molecule has 1 aliphatic rings. The summed E-state index contributed by atoms with van der Waals surface area (Å²) in [6.45, 7) is 10.1. The molecule has 0 saturated carbocycles. The average Bonchev–Trinajstić information content (AvgIpc) is 3.33. The molecule has 1 aliphatic heterocycles. The Balaban J connectivity index is 1.67. The molecule has 2 amide bonds. The normalized spacial score (nSPS) is 19.9. The molecule has 0 aliphatic carbocycles. The van der Waals surface area contributed by atoms with Crippen LogP contribution < -0.4 is 5.32 Å². The molecular weight excluding hydrogens is 396 g/mol. The van der Waals surface area contributed by atoms with Crippen LogP contribution >= 0.6 is 0 Å². The van der Waals surface area contributed by atoms with E-state index in [1.165, 1.54) is 4.90 Å². The van der Waals surface area contributed by atoms with Gasteiger partial charge in [-0.2, -0.15) is 5.10 Å². The fraction of sp³-hybridized carbons (Fsp3) is 0.522. The second-order valence-corrected chi connectivity index (χ2v) is 8.92. The van der Waals surface area contributed by atoms with Gasteiger partial charge in [0.1, 0.15) is 11.6 Å². The van der Waals surface area contributed by atoms with Gasteiger partial charge >= 0.3 is 6.09 Å². The summed E-state index contributed by atoms with van der Waals surface area (Å²) in [5.41, 5.74) is 2.37. The first-order chi connectivity index (χ1) is 14.6. The van der Waals surface area contributed by atoms with Crippen molar-refractivity contribution in [1.82, 2.24) is 20.0 Å². The lowest BCUT2D eigenvalue weighted by molar-refractivity contribution is -0.126. The highest BCUT2D eigenvalue weighted by Gasteiger charge is 2.41. The van der Waals surface area contributed by atoms with Crippen LogP contribution in [0.2, 0.25) is 0 Å². The van der Waals surface area contributed by atoms with Gasteiger partial charge in [0.2, 0.25) is 5.91 Å². The van der Waals surface area contributed by atoms with Crippen molar-refractivity contribution in [3.8, 4) is 11.3 Å². The standard InChI is InChI=1S/C23H32N4O4/c1-6-27-19(11-12-24-27)17-9-7-16(8-10-17)15(2)25-21(29)20-13-18(28)14-26(20)22(30)31-23(3,4)5/h7-12,15,18,20,28H,6,13-14H2,1-5H3,(H,25,29)/t15-,18-,20+/m1/s1. The van der Waals surface area contributed by atoms with E-state index < -0.39 is 23.8 Å². The van der Waals surface area contributed by atoms with Crippen LogP contribution in [0.4, 0.5) is 4.79 Å². The number of amides is 2. The third-order valence-corrected chi connectivity index (χ3v) is 5.29. The lowest BCUT2D eigenvalue weighted by Gasteiger charge is -2.28. The topological polar surface area (TPSA) is 96.7 Å². The van der Waals surface area contributed by atoms with Crippen LogP contribution in [-0.4, -0.2) is 56.1 Å². The van der Waals surface area contributed by atoms with E-state index in [1.54, 1.807) is 27.0 Å². The summed E-state index contributed by atoms with van der Waals surface area (Å²) >= 11 is 0. The van der Waals surface area contributed by atoms with Crippen LogP contribution in [0.5, 0.6) is 0 Å². The van der Waals surface area contributed by atoms with E-state index in [1.807, 2.05) is 48.9 Å². The first-order valence-corrected chi connectivity index (χ1v) is 10.7. The maximum Gasteiger partial charge on any atom is 0.411 e. The summed E-state index contributed by atoms with van der Waals surface area (Å²) in [6, 6.07) is 8.92. The van der Waals surface area contributed by atoms with Crippen LogP contribution in [0.3, 0.4) is 0 Å². The third kappa shape index (κ3) is 5.44. The average molecular weight is 429 g/mol. The molecule has 3 rings (SSSR count). The molecule has 2 N–H and O–H groups in total. The van der Waals surface area contributed by atoms with Gasteiger partial charge in [-0.1, -0.05) is 24.3 Å². The zero-order chi connectivity index (χ0) is 22.8. The summed E-state index contributed by atoms with van der Waals surface area (Å²) in [5, 5.41) is 17.3. The minimum absolute atomic E-state index is 0.0845. The number of nitrogens with one attached hydrogen (secondary N) is 1. The van der Waals surface area contributed by atoms with Gasteiger partial charge in [-0.25, -0.2) is 4.79 Å². The number of likely N-dealkylation sites (tertiary alicyclic amines) is 1. The molecule has 0 bridgehead atoms. The molecular formula is C23H32N4O4. The molecule has 2 aromatic rings. The monoisotopic (exact) mass is 428 g/mol. The highest BCUT2D eigenvalue weighted by atomic mass is 16.6. The first kappa shape index (κ1) is 22.8. The number of β-amino-alcohol motifs (C(OH)–C–C–N with tert-alkyl or cyclic N) is 1. The number of rotatable bonds is 5. The molecule has 2 heterocycles. The van der Waals surface area contributed by atoms with Gasteiger partial charge in [0.25, 0.3) is 0 Å². The maximum atomic E-state index is 12.9. The number of aliphatic hydroxyl groups is 1. The third-order valence-electron chi connectivity index (χ3n) is 5.29. The van der Waals surface area contributed by atoms with Crippen LogP contribution in [0.1, 0.15) is 52.6 Å². The van der Waals surface area contributed by atoms with Gasteiger partial charge in [-0.15, -0.1) is 0 Å². The van der Waals surface area contributed by atoms with E-state index in [-0.39, 0.29) is 24.9 Å². The molecule has 1 fully saturated rings. The van der Waals surface area contributed by atoms with Gasteiger partial charge in [0.15, 0.2) is 0 Å². The van der Waals surface area contributed by atoms with Crippen molar-refractivity contribution in [3.05, 3.63) is 42.1 Å². The zero-order valence-corrected chi connectivity index (χ0v) is 18.8. The number of hydrogen-bond donors (Lipinski definition) is 2. The number of benzene rings is 1. The van der Waals surface area contributed by atoms with E-state index in [9.17, 15) is 14.7 Å². The Morgan fingerprint density at radius 3 is 2.55 bits per heavy atom. The summed E-state index contributed by atoms with van der Waals surface area (Å²) in [4.78, 5) is 26.7. The van der Waals surface area contributed by atoms with E-state index in [2.05, 4.69) is 10.4 Å². The van der Waals surface area contributed by atoms with Gasteiger partial charge in [-0.3, -0.25) is 14.4 Å². The molecule has 1 aromatic heterocycles. The van der Waals surface area contributed by atoms with Crippen LogP contribution in [0.25, 0.3) is 11.3 Å². The van der Waals surface area contributed by atoms with Crippen LogP contribution in [0, 0.1) is 0 Å². The van der Waals surface area contributed by atoms with Crippen molar-refractivity contribution in [2.24, 2.45) is 0 Å². The number of aromatic nitrogens is 2. The molecule has 1 aromatic carbocycles. The van der Waals surface area contributed by atoms with Crippen molar-refractivity contribution in [2.75, 3.05) is 6.54 Å². The predicted octanol–water partition coefficient (Wildman–Crippen LogP) is 3.12. The number of aliphatic hydroxyl groups excluding tert-OH is 1. The Morgan fingerprint density at radius 2 is 1.94 bits per heavy atom. The van der Waals surface area contributed by atoms with Crippen molar-refractivity contribution in [3.63, 3.8) is 0 Å². The smallest absolute Gasteiger partial charge is 0.411 e. The second kappa shape index (κ2) is 9.09. The van der Waals surface area contributed by atoms with E-state index in [0.29, 0.717) is 0 Å². The fourth-order valence-corrected chi connectivity index (χ4v) is 3.75. The number of aryl methyl sites for hydroxylation is 1. The fourth-order valence-electron chi connectivity index (χ4n) is 3.75. The highest BCUT2D eigenvalue weighted by molar-refractivity contribution is 5.86. The number of carbonyl (C=O) groups is 2. The largest absolute Gasteiger partial charge is 0.444 e. The number of carbonyl (C=O) groups excluding carboxylic acids is 2. The first-order valence-electron chi connectivity index (χ1n) is 10.7. The zero-order valence-electron chi connectivity index (χ0n) is 18.8. The van der Waals surface area contributed by atoms with Crippen LogP contribution in [0.15, 0.2) is 36.5 Å². The Hall–Kier alpha value is -2.87. The molecule has 1 saturated heterocycles. The Bertz CT molecular complexity index is 916. The Labute approximate surface area is 183 Å². The number of nitrogens with zero attached hydrogens (tertiary/aromatic N) is 3.